The van der Waals surface area contributed by atoms with Gasteiger partial charge in [-0.15, -0.1) is 0 Å². The van der Waals surface area contributed by atoms with Crippen LogP contribution in [0.15, 0.2) is 48.5 Å². The van der Waals surface area contributed by atoms with Crippen LogP contribution in [0.3, 0.4) is 0 Å². The number of rotatable bonds is 5. The number of nitrogens with zero attached hydrogens (tertiary/aromatic N) is 1. The summed E-state index contributed by atoms with van der Waals surface area (Å²) in [6.07, 6.45) is 0.846. The average Bonchev–Trinajstić information content (AvgIpc) is 2.86. The molecule has 1 heterocycles. The van der Waals surface area contributed by atoms with Gasteiger partial charge in [0.15, 0.2) is 0 Å². The van der Waals surface area contributed by atoms with Crippen LogP contribution in [0.1, 0.15) is 34.1 Å². The summed E-state index contributed by atoms with van der Waals surface area (Å²) in [5.74, 6) is -0.00543. The fourth-order valence-corrected chi connectivity index (χ4v) is 3.27. The Morgan fingerprint density at radius 3 is 2.54 bits per heavy atom. The van der Waals surface area contributed by atoms with Crippen LogP contribution in [-0.2, 0) is 13.0 Å². The first-order valence-corrected chi connectivity index (χ1v) is 8.53. The lowest BCUT2D eigenvalue weighted by molar-refractivity contribution is 0.0954. The largest absolute Gasteiger partial charge is 0.352 e. The first kappa shape index (κ1) is 16.3. The highest BCUT2D eigenvalue weighted by molar-refractivity contribution is 5.99. The van der Waals surface area contributed by atoms with Crippen molar-refractivity contribution >= 4 is 16.8 Å². The maximum Gasteiger partial charge on any atom is 0.251 e. The molecule has 0 aliphatic carbocycles. The van der Waals surface area contributed by atoms with Crippen molar-refractivity contribution in [1.29, 1.82) is 0 Å². The van der Waals surface area contributed by atoms with Crippen LogP contribution in [0.2, 0.25) is 0 Å². The number of amides is 1. The van der Waals surface area contributed by atoms with Gasteiger partial charge in [0.1, 0.15) is 0 Å². The molecular formula is C21H24N2O. The molecule has 0 bridgehead atoms. The van der Waals surface area contributed by atoms with E-state index in [1.807, 2.05) is 30.3 Å². The van der Waals surface area contributed by atoms with Crippen molar-refractivity contribution in [2.75, 3.05) is 6.54 Å². The number of hydrogen-bond acceptors (Lipinski definition) is 1. The van der Waals surface area contributed by atoms with E-state index in [9.17, 15) is 4.79 Å². The molecule has 1 N–H and O–H groups in total. The lowest BCUT2D eigenvalue weighted by atomic mass is 10.1. The van der Waals surface area contributed by atoms with Gasteiger partial charge in [0, 0.05) is 35.2 Å². The fraction of sp³-hybridized carbons (Fsp3) is 0.286. The van der Waals surface area contributed by atoms with E-state index in [-0.39, 0.29) is 5.91 Å². The molecule has 0 unspecified atom stereocenters. The van der Waals surface area contributed by atoms with E-state index in [4.69, 9.17) is 0 Å². The maximum atomic E-state index is 12.4. The van der Waals surface area contributed by atoms with E-state index in [0.717, 1.165) is 18.5 Å². The van der Waals surface area contributed by atoms with Crippen molar-refractivity contribution in [3.8, 4) is 0 Å². The standard InChI is InChI=1S/C21H24N2O/c1-4-23-16(3)15(2)19-14-18(10-11-20(19)23)21(24)22-13-12-17-8-6-5-7-9-17/h5-11,14H,4,12-13H2,1-3H3,(H,22,24). The molecule has 0 aliphatic rings. The quantitative estimate of drug-likeness (QED) is 0.749. The minimum atomic E-state index is -0.00543. The maximum absolute atomic E-state index is 12.4. The third kappa shape index (κ3) is 3.07. The summed E-state index contributed by atoms with van der Waals surface area (Å²) in [6, 6.07) is 16.2. The predicted molar refractivity (Wildman–Crippen MR) is 99.6 cm³/mol. The zero-order valence-corrected chi connectivity index (χ0v) is 14.6. The molecule has 24 heavy (non-hydrogen) atoms. The Morgan fingerprint density at radius 2 is 1.83 bits per heavy atom. The zero-order valence-electron chi connectivity index (χ0n) is 14.6. The van der Waals surface area contributed by atoms with Gasteiger partial charge in [-0.3, -0.25) is 4.79 Å². The number of aryl methyl sites for hydroxylation is 2. The van der Waals surface area contributed by atoms with E-state index >= 15 is 0 Å². The SMILES string of the molecule is CCn1c(C)c(C)c2cc(C(=O)NCCc3ccccc3)ccc21. The molecule has 1 amide bonds. The van der Waals surface area contributed by atoms with Crippen LogP contribution in [0.25, 0.3) is 10.9 Å². The second-order valence-corrected chi connectivity index (χ2v) is 6.18. The van der Waals surface area contributed by atoms with Crippen LogP contribution >= 0.6 is 0 Å². The van der Waals surface area contributed by atoms with Gasteiger partial charge in [0.25, 0.3) is 5.91 Å². The Balaban J connectivity index is 1.74. The first-order chi connectivity index (χ1) is 11.6. The molecule has 0 saturated carbocycles. The first-order valence-electron chi connectivity index (χ1n) is 8.53. The van der Waals surface area contributed by atoms with Crippen molar-refractivity contribution in [2.45, 2.75) is 33.7 Å². The number of carbonyl (C=O) groups excluding carboxylic acids is 1. The highest BCUT2D eigenvalue weighted by Crippen LogP contribution is 2.26. The van der Waals surface area contributed by atoms with Gasteiger partial charge >= 0.3 is 0 Å². The highest BCUT2D eigenvalue weighted by atomic mass is 16.1. The van der Waals surface area contributed by atoms with Gasteiger partial charge in [-0.25, -0.2) is 0 Å². The number of carbonyl (C=O) groups is 1. The lowest BCUT2D eigenvalue weighted by Gasteiger charge is -2.07. The summed E-state index contributed by atoms with van der Waals surface area (Å²) in [5, 5.41) is 4.19. The van der Waals surface area contributed by atoms with Crippen LogP contribution in [0, 0.1) is 13.8 Å². The molecule has 3 nitrogen and oxygen atoms in total. The van der Waals surface area contributed by atoms with Gasteiger partial charge in [-0.05, 0) is 56.5 Å². The number of hydrogen-bond donors (Lipinski definition) is 1. The Morgan fingerprint density at radius 1 is 1.08 bits per heavy atom. The molecule has 0 aliphatic heterocycles. The summed E-state index contributed by atoms with van der Waals surface area (Å²) in [4.78, 5) is 12.4. The predicted octanol–water partition coefficient (Wildman–Crippen LogP) is 4.25. The topological polar surface area (TPSA) is 34.0 Å². The third-order valence-electron chi connectivity index (χ3n) is 4.76. The van der Waals surface area contributed by atoms with E-state index < -0.39 is 0 Å². The summed E-state index contributed by atoms with van der Waals surface area (Å²) in [5.41, 5.74) is 5.69. The lowest BCUT2D eigenvalue weighted by Crippen LogP contribution is -2.25. The fourth-order valence-electron chi connectivity index (χ4n) is 3.27. The number of fused-ring (bicyclic) bond motifs is 1. The number of benzene rings is 2. The van der Waals surface area contributed by atoms with Gasteiger partial charge in [-0.2, -0.15) is 0 Å². The molecule has 124 valence electrons. The highest BCUT2D eigenvalue weighted by Gasteiger charge is 2.12. The van der Waals surface area contributed by atoms with Crippen molar-refractivity contribution in [3.63, 3.8) is 0 Å². The molecule has 0 fully saturated rings. The summed E-state index contributed by atoms with van der Waals surface area (Å²) in [7, 11) is 0. The molecule has 3 aromatic rings. The Bertz CT molecular complexity index is 862. The minimum Gasteiger partial charge on any atom is -0.352 e. The van der Waals surface area contributed by atoms with Crippen molar-refractivity contribution in [1.82, 2.24) is 9.88 Å². The smallest absolute Gasteiger partial charge is 0.251 e. The summed E-state index contributed by atoms with van der Waals surface area (Å²) < 4.78 is 2.29. The molecule has 0 radical (unpaired) electrons. The third-order valence-corrected chi connectivity index (χ3v) is 4.76. The van der Waals surface area contributed by atoms with Crippen LogP contribution in [0.4, 0.5) is 0 Å². The van der Waals surface area contributed by atoms with Gasteiger partial charge in [0.05, 0.1) is 0 Å². The Hall–Kier alpha value is -2.55. The second-order valence-electron chi connectivity index (χ2n) is 6.18. The molecule has 0 atom stereocenters. The monoisotopic (exact) mass is 320 g/mol. The van der Waals surface area contributed by atoms with Gasteiger partial charge < -0.3 is 9.88 Å². The van der Waals surface area contributed by atoms with Gasteiger partial charge in [0.2, 0.25) is 0 Å². The average molecular weight is 320 g/mol. The van der Waals surface area contributed by atoms with Crippen LogP contribution < -0.4 is 5.32 Å². The number of aromatic nitrogens is 1. The Labute approximate surface area is 143 Å². The zero-order chi connectivity index (χ0) is 17.1. The van der Waals surface area contributed by atoms with Crippen molar-refractivity contribution < 1.29 is 4.79 Å². The van der Waals surface area contributed by atoms with E-state index in [2.05, 4.69) is 48.9 Å². The van der Waals surface area contributed by atoms with E-state index in [1.54, 1.807) is 0 Å². The molecular weight excluding hydrogens is 296 g/mol. The summed E-state index contributed by atoms with van der Waals surface area (Å²) >= 11 is 0. The Kier molecular flexibility index (Phi) is 4.70. The molecule has 0 saturated heterocycles. The molecule has 1 aromatic heterocycles. The van der Waals surface area contributed by atoms with Crippen LogP contribution in [-0.4, -0.2) is 17.0 Å². The van der Waals surface area contributed by atoms with Crippen molar-refractivity contribution in [3.05, 3.63) is 70.9 Å². The second kappa shape index (κ2) is 6.91. The van der Waals surface area contributed by atoms with E-state index in [1.165, 1.54) is 27.7 Å². The molecule has 3 heteroatoms. The summed E-state index contributed by atoms with van der Waals surface area (Å²) in [6.45, 7) is 8.00. The molecule has 2 aromatic carbocycles. The van der Waals surface area contributed by atoms with Gasteiger partial charge in [-0.1, -0.05) is 30.3 Å². The number of nitrogens with one attached hydrogen (secondary N) is 1. The normalized spacial score (nSPS) is 11.0. The minimum absolute atomic E-state index is 0.00543. The molecule has 3 rings (SSSR count). The van der Waals surface area contributed by atoms with E-state index in [0.29, 0.717) is 6.54 Å². The molecule has 0 spiro atoms. The van der Waals surface area contributed by atoms with Crippen LogP contribution in [0.5, 0.6) is 0 Å². The van der Waals surface area contributed by atoms with Crippen molar-refractivity contribution in [2.24, 2.45) is 0 Å².